The summed E-state index contributed by atoms with van der Waals surface area (Å²) in [5.74, 6) is 1.20. The fourth-order valence-corrected chi connectivity index (χ4v) is 3.70. The zero-order chi connectivity index (χ0) is 10.4. The van der Waals surface area contributed by atoms with E-state index in [-0.39, 0.29) is 6.04 Å². The fraction of sp³-hybridized carbons (Fsp3) is 0.917. The molecule has 1 aliphatic heterocycles. The molecule has 1 N–H and O–H groups in total. The third kappa shape index (κ3) is 1.57. The molecule has 0 bridgehead atoms. The molecule has 3 fully saturated rings. The first-order valence-corrected chi connectivity index (χ1v) is 6.26. The summed E-state index contributed by atoms with van der Waals surface area (Å²) >= 11 is 0. The highest BCUT2D eigenvalue weighted by Gasteiger charge is 2.51. The molecule has 0 aromatic rings. The number of hydrogen-bond acceptors (Lipinski definition) is 2. The molecule has 0 spiro atoms. The van der Waals surface area contributed by atoms with Gasteiger partial charge < -0.3 is 5.11 Å². The van der Waals surface area contributed by atoms with Crippen molar-refractivity contribution in [1.82, 2.24) is 4.90 Å². The molecule has 0 aromatic heterocycles. The van der Waals surface area contributed by atoms with Crippen molar-refractivity contribution in [2.45, 2.75) is 50.6 Å². The smallest absolute Gasteiger partial charge is 0.320 e. The van der Waals surface area contributed by atoms with Crippen molar-refractivity contribution in [1.29, 1.82) is 0 Å². The largest absolute Gasteiger partial charge is 0.480 e. The first kappa shape index (κ1) is 9.64. The van der Waals surface area contributed by atoms with Crippen LogP contribution in [0.3, 0.4) is 0 Å². The van der Waals surface area contributed by atoms with E-state index < -0.39 is 5.97 Å². The van der Waals surface area contributed by atoms with Crippen molar-refractivity contribution >= 4 is 5.97 Å². The standard InChI is InChI=1S/C12H19NO2/c14-12(15)11-3-1-2-6-13(11)10-5-4-8-7-9(8)10/h8-11H,1-7H2,(H,14,15). The highest BCUT2D eigenvalue weighted by Crippen LogP contribution is 2.54. The predicted octanol–water partition coefficient (Wildman–Crippen LogP) is 1.72. The molecule has 0 radical (unpaired) electrons. The van der Waals surface area contributed by atoms with Crippen LogP contribution in [-0.2, 0) is 4.79 Å². The van der Waals surface area contributed by atoms with Crippen molar-refractivity contribution in [2.75, 3.05) is 6.54 Å². The molecule has 0 amide bonds. The topological polar surface area (TPSA) is 40.5 Å². The number of carboxylic acid groups (broad SMARTS) is 1. The van der Waals surface area contributed by atoms with Crippen LogP contribution in [-0.4, -0.2) is 34.6 Å². The van der Waals surface area contributed by atoms with Gasteiger partial charge in [0.15, 0.2) is 0 Å². The second-order valence-corrected chi connectivity index (χ2v) is 5.39. The monoisotopic (exact) mass is 209 g/mol. The van der Waals surface area contributed by atoms with E-state index in [2.05, 4.69) is 4.90 Å². The molecule has 3 heteroatoms. The number of nitrogens with zero attached hydrogens (tertiary/aromatic N) is 1. The number of piperidine rings is 1. The van der Waals surface area contributed by atoms with Gasteiger partial charge in [0, 0.05) is 6.04 Å². The van der Waals surface area contributed by atoms with Gasteiger partial charge in [-0.15, -0.1) is 0 Å². The molecular formula is C12H19NO2. The molecule has 3 aliphatic rings. The summed E-state index contributed by atoms with van der Waals surface area (Å²) in [6.07, 6.45) is 7.11. The van der Waals surface area contributed by atoms with Gasteiger partial charge in [0.1, 0.15) is 6.04 Å². The van der Waals surface area contributed by atoms with Gasteiger partial charge in [0.2, 0.25) is 0 Å². The lowest BCUT2D eigenvalue weighted by atomic mass is 9.98. The minimum atomic E-state index is -0.598. The molecule has 2 aliphatic carbocycles. The van der Waals surface area contributed by atoms with Crippen LogP contribution in [0.4, 0.5) is 0 Å². The Morgan fingerprint density at radius 3 is 2.67 bits per heavy atom. The molecule has 15 heavy (non-hydrogen) atoms. The maximum absolute atomic E-state index is 11.2. The van der Waals surface area contributed by atoms with Crippen molar-refractivity contribution < 1.29 is 9.90 Å². The second-order valence-electron chi connectivity index (χ2n) is 5.39. The van der Waals surface area contributed by atoms with E-state index in [4.69, 9.17) is 0 Å². The Labute approximate surface area is 90.5 Å². The Kier molecular flexibility index (Phi) is 2.23. The number of likely N-dealkylation sites (tertiary alicyclic amines) is 1. The van der Waals surface area contributed by atoms with Crippen LogP contribution in [0.1, 0.15) is 38.5 Å². The summed E-state index contributed by atoms with van der Waals surface area (Å²) in [7, 11) is 0. The van der Waals surface area contributed by atoms with Crippen LogP contribution in [0.5, 0.6) is 0 Å². The molecule has 1 heterocycles. The van der Waals surface area contributed by atoms with Crippen molar-refractivity contribution in [3.05, 3.63) is 0 Å². The maximum atomic E-state index is 11.2. The highest BCUT2D eigenvalue weighted by molar-refractivity contribution is 5.73. The Hall–Kier alpha value is -0.570. The van der Waals surface area contributed by atoms with Gasteiger partial charge in [-0.25, -0.2) is 0 Å². The minimum absolute atomic E-state index is 0.178. The number of carbonyl (C=O) groups is 1. The Balaban J connectivity index is 1.73. The summed E-state index contributed by atoms with van der Waals surface area (Å²) in [4.78, 5) is 13.5. The lowest BCUT2D eigenvalue weighted by Crippen LogP contribution is -2.50. The second kappa shape index (κ2) is 3.48. The SMILES string of the molecule is O=C(O)C1CCCCN1C1CCC2CC21. The Morgan fingerprint density at radius 1 is 1.20 bits per heavy atom. The van der Waals surface area contributed by atoms with Gasteiger partial charge in [-0.3, -0.25) is 9.69 Å². The van der Waals surface area contributed by atoms with E-state index in [0.717, 1.165) is 31.2 Å². The maximum Gasteiger partial charge on any atom is 0.320 e. The van der Waals surface area contributed by atoms with Gasteiger partial charge in [-0.2, -0.15) is 0 Å². The first-order chi connectivity index (χ1) is 7.27. The molecule has 3 rings (SSSR count). The van der Waals surface area contributed by atoms with Crippen LogP contribution < -0.4 is 0 Å². The van der Waals surface area contributed by atoms with Gasteiger partial charge in [0.05, 0.1) is 0 Å². The molecule has 1 saturated heterocycles. The molecule has 4 atom stereocenters. The first-order valence-electron chi connectivity index (χ1n) is 6.26. The predicted molar refractivity (Wildman–Crippen MR) is 56.6 cm³/mol. The highest BCUT2D eigenvalue weighted by atomic mass is 16.4. The Morgan fingerprint density at radius 2 is 2.07 bits per heavy atom. The number of rotatable bonds is 2. The third-order valence-electron chi connectivity index (χ3n) is 4.56. The van der Waals surface area contributed by atoms with E-state index in [1.165, 1.54) is 25.7 Å². The average molecular weight is 209 g/mol. The van der Waals surface area contributed by atoms with E-state index in [1.807, 2.05) is 0 Å². The lowest BCUT2D eigenvalue weighted by molar-refractivity contribution is -0.146. The number of hydrogen-bond donors (Lipinski definition) is 1. The third-order valence-corrected chi connectivity index (χ3v) is 4.56. The van der Waals surface area contributed by atoms with Gasteiger partial charge in [-0.1, -0.05) is 6.42 Å². The molecule has 3 nitrogen and oxygen atoms in total. The minimum Gasteiger partial charge on any atom is -0.480 e. The fourth-order valence-electron chi connectivity index (χ4n) is 3.70. The lowest BCUT2D eigenvalue weighted by Gasteiger charge is -2.38. The molecule has 2 saturated carbocycles. The zero-order valence-electron chi connectivity index (χ0n) is 9.06. The van der Waals surface area contributed by atoms with E-state index >= 15 is 0 Å². The van der Waals surface area contributed by atoms with Gasteiger partial charge in [-0.05, 0) is 50.5 Å². The van der Waals surface area contributed by atoms with E-state index in [0.29, 0.717) is 6.04 Å². The summed E-state index contributed by atoms with van der Waals surface area (Å²) in [6.45, 7) is 1.02. The molecular weight excluding hydrogens is 190 g/mol. The van der Waals surface area contributed by atoms with Gasteiger partial charge >= 0.3 is 5.97 Å². The average Bonchev–Trinajstić information content (AvgIpc) is 2.90. The summed E-state index contributed by atoms with van der Waals surface area (Å²) in [6, 6.07) is 0.430. The van der Waals surface area contributed by atoms with Crippen molar-refractivity contribution in [2.24, 2.45) is 11.8 Å². The molecule has 0 aromatic carbocycles. The molecule has 84 valence electrons. The number of fused-ring (bicyclic) bond motifs is 1. The van der Waals surface area contributed by atoms with Crippen molar-refractivity contribution in [3.8, 4) is 0 Å². The van der Waals surface area contributed by atoms with E-state index in [9.17, 15) is 9.90 Å². The van der Waals surface area contributed by atoms with Crippen molar-refractivity contribution in [3.63, 3.8) is 0 Å². The van der Waals surface area contributed by atoms with Crippen LogP contribution in [0, 0.1) is 11.8 Å². The van der Waals surface area contributed by atoms with Gasteiger partial charge in [0.25, 0.3) is 0 Å². The zero-order valence-corrected chi connectivity index (χ0v) is 9.06. The van der Waals surface area contributed by atoms with Crippen LogP contribution in [0.15, 0.2) is 0 Å². The van der Waals surface area contributed by atoms with Crippen LogP contribution in [0.2, 0.25) is 0 Å². The number of carboxylic acids is 1. The van der Waals surface area contributed by atoms with Crippen LogP contribution in [0.25, 0.3) is 0 Å². The van der Waals surface area contributed by atoms with E-state index in [1.54, 1.807) is 0 Å². The summed E-state index contributed by atoms with van der Waals surface area (Å²) in [5, 5.41) is 9.23. The Bertz CT molecular complexity index is 279. The normalized spacial score (nSPS) is 45.1. The summed E-state index contributed by atoms with van der Waals surface area (Å²) < 4.78 is 0. The summed E-state index contributed by atoms with van der Waals surface area (Å²) in [5.41, 5.74) is 0. The molecule has 4 unspecified atom stereocenters. The number of aliphatic carboxylic acids is 1. The van der Waals surface area contributed by atoms with Crippen LogP contribution >= 0.6 is 0 Å². The quantitative estimate of drug-likeness (QED) is 0.753.